The Hall–Kier alpha value is -1.36. The summed E-state index contributed by atoms with van der Waals surface area (Å²) >= 11 is 0. The van der Waals surface area contributed by atoms with Crippen molar-refractivity contribution in [1.82, 2.24) is 9.78 Å². The van der Waals surface area contributed by atoms with Gasteiger partial charge in [0.05, 0.1) is 19.4 Å². The van der Waals surface area contributed by atoms with Crippen LogP contribution in [0.15, 0.2) is 6.07 Å². The number of aryl methyl sites for hydroxylation is 1. The highest BCUT2D eigenvalue weighted by Crippen LogP contribution is 2.03. The molecule has 66 valence electrons. The minimum absolute atomic E-state index is 0.138. The maximum atomic E-state index is 10.9. The van der Waals surface area contributed by atoms with Crippen molar-refractivity contribution in [2.75, 3.05) is 7.11 Å². The van der Waals surface area contributed by atoms with E-state index in [0.29, 0.717) is 5.69 Å². The summed E-state index contributed by atoms with van der Waals surface area (Å²) < 4.78 is 5.89. The van der Waals surface area contributed by atoms with Crippen molar-refractivity contribution in [3.05, 3.63) is 17.5 Å². The first-order valence-electron chi connectivity index (χ1n) is 3.41. The van der Waals surface area contributed by atoms with Gasteiger partial charge in [0, 0.05) is 7.05 Å². The summed E-state index contributed by atoms with van der Waals surface area (Å²) in [6.45, 7) is -0.138. The number of carbonyl (C=O) groups is 1. The first-order valence-corrected chi connectivity index (χ1v) is 3.41. The molecule has 1 heterocycles. The van der Waals surface area contributed by atoms with Gasteiger partial charge in [0.1, 0.15) is 0 Å². The van der Waals surface area contributed by atoms with E-state index in [1.165, 1.54) is 17.9 Å². The molecular formula is C7H10N2O3. The van der Waals surface area contributed by atoms with E-state index in [2.05, 4.69) is 9.84 Å². The highest BCUT2D eigenvalue weighted by atomic mass is 16.5. The summed E-state index contributed by atoms with van der Waals surface area (Å²) in [7, 11) is 2.94. The van der Waals surface area contributed by atoms with Gasteiger partial charge in [-0.3, -0.25) is 4.68 Å². The molecule has 1 aromatic heterocycles. The smallest absolute Gasteiger partial charge is 0.358 e. The Morgan fingerprint density at radius 1 is 1.83 bits per heavy atom. The van der Waals surface area contributed by atoms with E-state index in [1.54, 1.807) is 7.05 Å². The zero-order valence-electron chi connectivity index (χ0n) is 6.94. The highest BCUT2D eigenvalue weighted by Gasteiger charge is 2.11. The van der Waals surface area contributed by atoms with Gasteiger partial charge in [-0.1, -0.05) is 0 Å². The van der Waals surface area contributed by atoms with Gasteiger partial charge in [-0.05, 0) is 6.07 Å². The third-order valence-corrected chi connectivity index (χ3v) is 1.53. The number of rotatable bonds is 2. The third-order valence-electron chi connectivity index (χ3n) is 1.53. The van der Waals surface area contributed by atoms with Crippen LogP contribution in [0.2, 0.25) is 0 Å². The average molecular weight is 170 g/mol. The predicted octanol–water partition coefficient (Wildman–Crippen LogP) is -0.301. The fraction of sp³-hybridized carbons (Fsp3) is 0.429. The Morgan fingerprint density at radius 2 is 2.50 bits per heavy atom. The summed E-state index contributed by atoms with van der Waals surface area (Å²) in [5.74, 6) is -0.495. The number of esters is 1. The normalized spacial score (nSPS) is 9.92. The van der Waals surface area contributed by atoms with Crippen molar-refractivity contribution in [2.24, 2.45) is 7.05 Å². The molecule has 0 atom stereocenters. The number of aliphatic hydroxyl groups excluding tert-OH is 1. The van der Waals surface area contributed by atoms with Crippen molar-refractivity contribution in [1.29, 1.82) is 0 Å². The van der Waals surface area contributed by atoms with Crippen LogP contribution in [-0.2, 0) is 18.4 Å². The molecule has 0 bridgehead atoms. The van der Waals surface area contributed by atoms with Crippen LogP contribution in [-0.4, -0.2) is 28.0 Å². The molecule has 0 aliphatic carbocycles. The standard InChI is InChI=1S/C7H10N2O3/c1-9-5(4-10)3-6(8-9)7(11)12-2/h3,10H,4H2,1-2H3. The number of carbonyl (C=O) groups excluding carboxylic acids is 1. The predicted molar refractivity (Wildman–Crippen MR) is 40.5 cm³/mol. The molecule has 1 rings (SSSR count). The number of nitrogens with zero attached hydrogens (tertiary/aromatic N) is 2. The number of hydrogen-bond acceptors (Lipinski definition) is 4. The van der Waals surface area contributed by atoms with Gasteiger partial charge < -0.3 is 9.84 Å². The second kappa shape index (κ2) is 3.36. The van der Waals surface area contributed by atoms with Crippen molar-refractivity contribution < 1.29 is 14.6 Å². The van der Waals surface area contributed by atoms with Gasteiger partial charge in [0.25, 0.3) is 0 Å². The van der Waals surface area contributed by atoms with Gasteiger partial charge >= 0.3 is 5.97 Å². The van der Waals surface area contributed by atoms with Crippen molar-refractivity contribution in [3.8, 4) is 0 Å². The van der Waals surface area contributed by atoms with Crippen LogP contribution in [0, 0.1) is 0 Å². The van der Waals surface area contributed by atoms with Crippen LogP contribution in [0.5, 0.6) is 0 Å². The van der Waals surface area contributed by atoms with Gasteiger partial charge in [0.15, 0.2) is 5.69 Å². The van der Waals surface area contributed by atoms with Crippen LogP contribution in [0.3, 0.4) is 0 Å². The number of aromatic nitrogens is 2. The zero-order valence-corrected chi connectivity index (χ0v) is 6.94. The molecule has 0 spiro atoms. The summed E-state index contributed by atoms with van der Waals surface area (Å²) in [4.78, 5) is 10.9. The largest absolute Gasteiger partial charge is 0.464 e. The molecule has 0 aliphatic rings. The molecule has 5 nitrogen and oxygen atoms in total. The number of ether oxygens (including phenoxy) is 1. The fourth-order valence-corrected chi connectivity index (χ4v) is 0.858. The molecule has 0 aliphatic heterocycles. The van der Waals surface area contributed by atoms with E-state index in [-0.39, 0.29) is 12.3 Å². The Labute approximate surface area is 69.6 Å². The maximum Gasteiger partial charge on any atom is 0.358 e. The topological polar surface area (TPSA) is 64.3 Å². The second-order valence-electron chi connectivity index (χ2n) is 2.29. The zero-order chi connectivity index (χ0) is 9.14. The van der Waals surface area contributed by atoms with Crippen LogP contribution in [0.25, 0.3) is 0 Å². The van der Waals surface area contributed by atoms with Gasteiger partial charge in [-0.25, -0.2) is 4.79 Å². The molecule has 5 heteroatoms. The molecule has 0 fully saturated rings. The summed E-state index contributed by atoms with van der Waals surface area (Å²) in [5, 5.41) is 12.6. The summed E-state index contributed by atoms with van der Waals surface area (Å²) in [5.41, 5.74) is 0.791. The maximum absolute atomic E-state index is 10.9. The van der Waals surface area contributed by atoms with Crippen molar-refractivity contribution in [2.45, 2.75) is 6.61 Å². The summed E-state index contributed by atoms with van der Waals surface area (Å²) in [6.07, 6.45) is 0. The molecule has 0 saturated heterocycles. The lowest BCUT2D eigenvalue weighted by atomic mass is 10.3. The SMILES string of the molecule is COC(=O)c1cc(CO)n(C)n1. The lowest BCUT2D eigenvalue weighted by Crippen LogP contribution is -2.03. The highest BCUT2D eigenvalue weighted by molar-refractivity contribution is 5.87. The van der Waals surface area contributed by atoms with E-state index in [1.807, 2.05) is 0 Å². The van der Waals surface area contributed by atoms with E-state index < -0.39 is 5.97 Å². The number of hydrogen-bond donors (Lipinski definition) is 1. The van der Waals surface area contributed by atoms with Crippen LogP contribution < -0.4 is 0 Å². The van der Waals surface area contributed by atoms with Gasteiger partial charge in [0.2, 0.25) is 0 Å². The molecule has 0 saturated carbocycles. The third kappa shape index (κ3) is 1.45. The van der Waals surface area contributed by atoms with Gasteiger partial charge in [-0.2, -0.15) is 5.10 Å². The van der Waals surface area contributed by atoms with Crippen molar-refractivity contribution >= 4 is 5.97 Å². The lowest BCUT2D eigenvalue weighted by Gasteiger charge is -1.92. The Balaban J connectivity index is 2.96. The average Bonchev–Trinajstić information content (AvgIpc) is 2.45. The quantitative estimate of drug-likeness (QED) is 0.619. The van der Waals surface area contributed by atoms with Crippen LogP contribution in [0.4, 0.5) is 0 Å². The number of methoxy groups -OCH3 is 1. The summed E-state index contributed by atoms with van der Waals surface area (Å²) in [6, 6.07) is 1.49. The Morgan fingerprint density at radius 3 is 2.92 bits per heavy atom. The second-order valence-corrected chi connectivity index (χ2v) is 2.29. The molecule has 0 radical (unpaired) electrons. The molecule has 1 N–H and O–H groups in total. The van der Waals surface area contributed by atoms with Crippen molar-refractivity contribution in [3.63, 3.8) is 0 Å². The van der Waals surface area contributed by atoms with E-state index in [9.17, 15) is 4.79 Å². The van der Waals surface area contributed by atoms with E-state index in [0.717, 1.165) is 0 Å². The van der Waals surface area contributed by atoms with Gasteiger partial charge in [-0.15, -0.1) is 0 Å². The minimum Gasteiger partial charge on any atom is -0.464 e. The molecule has 1 aromatic rings. The van der Waals surface area contributed by atoms with Crippen LogP contribution >= 0.6 is 0 Å². The van der Waals surface area contributed by atoms with Crippen LogP contribution in [0.1, 0.15) is 16.2 Å². The fourth-order valence-electron chi connectivity index (χ4n) is 0.858. The van der Waals surface area contributed by atoms with E-state index >= 15 is 0 Å². The first-order chi connectivity index (χ1) is 5.69. The Kier molecular flexibility index (Phi) is 2.44. The molecule has 0 unspecified atom stereocenters. The first kappa shape index (κ1) is 8.73. The van der Waals surface area contributed by atoms with E-state index in [4.69, 9.17) is 5.11 Å². The molecular weight excluding hydrogens is 160 g/mol. The number of aliphatic hydroxyl groups is 1. The monoisotopic (exact) mass is 170 g/mol. The minimum atomic E-state index is -0.495. The molecule has 0 aromatic carbocycles. The molecule has 0 amide bonds. The molecule has 12 heavy (non-hydrogen) atoms. The Bertz CT molecular complexity index is 293. The lowest BCUT2D eigenvalue weighted by molar-refractivity contribution is 0.0593.